The zero-order chi connectivity index (χ0) is 15.4. The molecule has 2 rings (SSSR count). The van der Waals surface area contributed by atoms with Crippen molar-refractivity contribution in [1.82, 2.24) is 9.97 Å². The largest absolute Gasteiger partial charge is 0.462 e. The van der Waals surface area contributed by atoms with Crippen LogP contribution in [0, 0.1) is 12.7 Å². The van der Waals surface area contributed by atoms with Gasteiger partial charge in [-0.1, -0.05) is 11.6 Å². The van der Waals surface area contributed by atoms with Crippen LogP contribution in [-0.4, -0.2) is 22.5 Å². The molecule has 0 aliphatic rings. The van der Waals surface area contributed by atoms with E-state index in [2.05, 4.69) is 15.3 Å². The lowest BCUT2D eigenvalue weighted by Gasteiger charge is -2.08. The summed E-state index contributed by atoms with van der Waals surface area (Å²) < 4.78 is 18.0. The second kappa shape index (κ2) is 6.49. The van der Waals surface area contributed by atoms with E-state index in [1.54, 1.807) is 13.8 Å². The lowest BCUT2D eigenvalue weighted by molar-refractivity contribution is 0.0524. The van der Waals surface area contributed by atoms with Crippen molar-refractivity contribution in [2.45, 2.75) is 13.8 Å². The predicted molar refractivity (Wildman–Crippen MR) is 77.4 cm³/mol. The minimum atomic E-state index is -0.503. The Labute approximate surface area is 126 Å². The van der Waals surface area contributed by atoms with E-state index < -0.39 is 11.8 Å². The molecule has 1 N–H and O–H groups in total. The van der Waals surface area contributed by atoms with E-state index in [-0.39, 0.29) is 17.6 Å². The van der Waals surface area contributed by atoms with Crippen molar-refractivity contribution in [3.05, 3.63) is 46.5 Å². The molecule has 0 aliphatic heterocycles. The molecule has 1 aromatic heterocycles. The third-order valence-electron chi connectivity index (χ3n) is 2.65. The van der Waals surface area contributed by atoms with Gasteiger partial charge in [-0.05, 0) is 32.0 Å². The molecule has 0 fully saturated rings. The van der Waals surface area contributed by atoms with E-state index in [0.717, 1.165) is 0 Å². The Hall–Kier alpha value is -2.21. The van der Waals surface area contributed by atoms with E-state index in [1.807, 2.05) is 0 Å². The summed E-state index contributed by atoms with van der Waals surface area (Å²) in [5, 5.41) is 2.89. The third-order valence-corrected chi connectivity index (χ3v) is 2.94. The summed E-state index contributed by atoms with van der Waals surface area (Å²) in [6, 6.07) is 4.18. The summed E-state index contributed by atoms with van der Waals surface area (Å²) in [5.74, 6) is -0.688. The average molecular weight is 310 g/mol. The third kappa shape index (κ3) is 3.66. The van der Waals surface area contributed by atoms with Gasteiger partial charge in [0.2, 0.25) is 5.95 Å². The molecule has 0 aliphatic carbocycles. The van der Waals surface area contributed by atoms with Crippen molar-refractivity contribution in [3.8, 4) is 0 Å². The van der Waals surface area contributed by atoms with Gasteiger partial charge in [0.15, 0.2) is 0 Å². The topological polar surface area (TPSA) is 64.1 Å². The standard InChI is InChI=1S/C14H13ClFN3O2/c1-3-21-13(20)10-7-17-14(18-8(10)2)19-9-4-5-12(16)11(15)6-9/h4-7H,3H2,1-2H3,(H,17,18,19). The number of hydrogen-bond donors (Lipinski definition) is 1. The normalized spacial score (nSPS) is 10.3. The van der Waals surface area contributed by atoms with E-state index in [0.29, 0.717) is 16.9 Å². The number of esters is 1. The van der Waals surface area contributed by atoms with Gasteiger partial charge in [0, 0.05) is 11.9 Å². The molecule has 1 aromatic carbocycles. The number of halogens is 2. The fourth-order valence-corrected chi connectivity index (χ4v) is 1.82. The molecule has 1 heterocycles. The molecule has 0 radical (unpaired) electrons. The summed E-state index contributed by atoms with van der Waals surface area (Å²) in [4.78, 5) is 19.8. The first-order chi connectivity index (χ1) is 10.0. The highest BCUT2D eigenvalue weighted by Crippen LogP contribution is 2.21. The van der Waals surface area contributed by atoms with Crippen LogP contribution in [0.2, 0.25) is 5.02 Å². The molecule has 0 bridgehead atoms. The Kier molecular flexibility index (Phi) is 4.70. The van der Waals surface area contributed by atoms with Gasteiger partial charge in [0.05, 0.1) is 22.9 Å². The number of hydrogen-bond acceptors (Lipinski definition) is 5. The molecule has 0 unspecified atom stereocenters. The Morgan fingerprint density at radius 3 is 2.86 bits per heavy atom. The number of benzene rings is 1. The second-order valence-corrected chi connectivity index (χ2v) is 4.57. The number of carbonyl (C=O) groups is 1. The van der Waals surface area contributed by atoms with Crippen molar-refractivity contribution in [3.63, 3.8) is 0 Å². The van der Waals surface area contributed by atoms with Crippen LogP contribution >= 0.6 is 11.6 Å². The minimum absolute atomic E-state index is 0.000124. The molecular weight excluding hydrogens is 297 g/mol. The van der Waals surface area contributed by atoms with Crippen molar-refractivity contribution in [2.24, 2.45) is 0 Å². The highest BCUT2D eigenvalue weighted by atomic mass is 35.5. The van der Waals surface area contributed by atoms with Gasteiger partial charge in [-0.25, -0.2) is 19.2 Å². The van der Waals surface area contributed by atoms with E-state index in [9.17, 15) is 9.18 Å². The van der Waals surface area contributed by atoms with Crippen LogP contribution in [-0.2, 0) is 4.74 Å². The molecule has 0 saturated carbocycles. The van der Waals surface area contributed by atoms with Crippen molar-refractivity contribution < 1.29 is 13.9 Å². The smallest absolute Gasteiger partial charge is 0.341 e. The second-order valence-electron chi connectivity index (χ2n) is 4.17. The lowest BCUT2D eigenvalue weighted by Crippen LogP contribution is -2.10. The lowest BCUT2D eigenvalue weighted by atomic mass is 10.2. The van der Waals surface area contributed by atoms with Crippen LogP contribution in [0.25, 0.3) is 0 Å². The van der Waals surface area contributed by atoms with Gasteiger partial charge in [-0.15, -0.1) is 0 Å². The van der Waals surface area contributed by atoms with Crippen molar-refractivity contribution in [1.29, 1.82) is 0 Å². The molecule has 110 valence electrons. The maximum absolute atomic E-state index is 13.1. The first-order valence-corrected chi connectivity index (χ1v) is 6.62. The summed E-state index contributed by atoms with van der Waals surface area (Å²) in [6.07, 6.45) is 1.38. The van der Waals surface area contributed by atoms with Gasteiger partial charge in [-0.2, -0.15) is 0 Å². The zero-order valence-electron chi connectivity index (χ0n) is 11.5. The van der Waals surface area contributed by atoms with Crippen molar-refractivity contribution >= 4 is 29.2 Å². The number of ether oxygens (including phenoxy) is 1. The quantitative estimate of drug-likeness (QED) is 0.876. The highest BCUT2D eigenvalue weighted by Gasteiger charge is 2.13. The average Bonchev–Trinajstić information content (AvgIpc) is 2.43. The molecule has 0 amide bonds. The Balaban J connectivity index is 2.20. The van der Waals surface area contributed by atoms with Crippen LogP contribution < -0.4 is 5.32 Å². The molecule has 0 atom stereocenters. The number of aromatic nitrogens is 2. The van der Waals surface area contributed by atoms with Gasteiger partial charge in [0.1, 0.15) is 5.82 Å². The highest BCUT2D eigenvalue weighted by molar-refractivity contribution is 6.31. The van der Waals surface area contributed by atoms with E-state index >= 15 is 0 Å². The van der Waals surface area contributed by atoms with Crippen LogP contribution in [0.5, 0.6) is 0 Å². The Morgan fingerprint density at radius 1 is 1.48 bits per heavy atom. The first-order valence-electron chi connectivity index (χ1n) is 6.24. The van der Waals surface area contributed by atoms with Crippen LogP contribution in [0.3, 0.4) is 0 Å². The van der Waals surface area contributed by atoms with Crippen LogP contribution in [0.4, 0.5) is 16.0 Å². The Bertz CT molecular complexity index is 679. The van der Waals surface area contributed by atoms with E-state index in [1.165, 1.54) is 24.4 Å². The van der Waals surface area contributed by atoms with Gasteiger partial charge in [0.25, 0.3) is 0 Å². The number of rotatable bonds is 4. The SMILES string of the molecule is CCOC(=O)c1cnc(Nc2ccc(F)c(Cl)c2)nc1C. The summed E-state index contributed by atoms with van der Waals surface area (Å²) in [5.41, 5.74) is 1.34. The summed E-state index contributed by atoms with van der Waals surface area (Å²) >= 11 is 5.70. The number of nitrogens with zero attached hydrogens (tertiary/aromatic N) is 2. The minimum Gasteiger partial charge on any atom is -0.462 e. The molecule has 2 aromatic rings. The number of aryl methyl sites for hydroxylation is 1. The molecule has 7 heteroatoms. The van der Waals surface area contributed by atoms with Gasteiger partial charge < -0.3 is 10.1 Å². The fraction of sp³-hybridized carbons (Fsp3) is 0.214. The molecule has 0 saturated heterocycles. The Morgan fingerprint density at radius 2 is 2.24 bits per heavy atom. The molecule has 21 heavy (non-hydrogen) atoms. The van der Waals surface area contributed by atoms with Crippen molar-refractivity contribution in [2.75, 3.05) is 11.9 Å². The van der Waals surface area contributed by atoms with Crippen LogP contribution in [0.1, 0.15) is 23.0 Å². The maximum Gasteiger partial charge on any atom is 0.341 e. The van der Waals surface area contributed by atoms with Gasteiger partial charge >= 0.3 is 5.97 Å². The molecule has 0 spiro atoms. The summed E-state index contributed by atoms with van der Waals surface area (Å²) in [7, 11) is 0. The van der Waals surface area contributed by atoms with Crippen LogP contribution in [0.15, 0.2) is 24.4 Å². The first kappa shape index (κ1) is 15.2. The number of nitrogens with one attached hydrogen (secondary N) is 1. The van der Waals surface area contributed by atoms with E-state index in [4.69, 9.17) is 16.3 Å². The predicted octanol–water partition coefficient (Wildman–Crippen LogP) is 3.50. The fourth-order valence-electron chi connectivity index (χ4n) is 1.64. The summed E-state index contributed by atoms with van der Waals surface area (Å²) in [6.45, 7) is 3.69. The molecular formula is C14H13ClFN3O2. The monoisotopic (exact) mass is 309 g/mol. The molecule has 5 nitrogen and oxygen atoms in total. The number of anilines is 2. The van der Waals surface area contributed by atoms with Gasteiger partial charge in [-0.3, -0.25) is 0 Å². The maximum atomic E-state index is 13.1. The number of carbonyl (C=O) groups excluding carboxylic acids is 1. The zero-order valence-corrected chi connectivity index (χ0v) is 12.2.